The van der Waals surface area contributed by atoms with E-state index in [0.717, 1.165) is 18.4 Å². The van der Waals surface area contributed by atoms with Gasteiger partial charge >= 0.3 is 12.0 Å². The number of hydrogen-bond acceptors (Lipinski definition) is 8. The molecule has 2 aliphatic heterocycles. The zero-order valence-electron chi connectivity index (χ0n) is 20.1. The maximum atomic E-state index is 12.4. The third kappa shape index (κ3) is 5.31. The Kier molecular flexibility index (Phi) is 6.19. The van der Waals surface area contributed by atoms with Crippen molar-refractivity contribution in [2.24, 2.45) is 0 Å². The van der Waals surface area contributed by atoms with Gasteiger partial charge in [-0.2, -0.15) is 5.10 Å². The van der Waals surface area contributed by atoms with E-state index < -0.39 is 11.9 Å². The molecular formula is C25H29N5O5. The van der Waals surface area contributed by atoms with Crippen LogP contribution in [0.15, 0.2) is 55.1 Å². The van der Waals surface area contributed by atoms with Gasteiger partial charge in [-0.25, -0.2) is 19.4 Å². The molecule has 0 N–H and O–H groups in total. The van der Waals surface area contributed by atoms with Gasteiger partial charge in [0.2, 0.25) is 12.2 Å². The van der Waals surface area contributed by atoms with E-state index in [0.29, 0.717) is 36.4 Å². The van der Waals surface area contributed by atoms with E-state index in [2.05, 4.69) is 15.1 Å². The molecule has 0 spiro atoms. The van der Waals surface area contributed by atoms with E-state index in [1.165, 1.54) is 12.6 Å². The molecule has 5 rings (SSSR count). The summed E-state index contributed by atoms with van der Waals surface area (Å²) in [7, 11) is 0. The summed E-state index contributed by atoms with van der Waals surface area (Å²) in [5.74, 6) is 0.590. The molecule has 0 bridgehead atoms. The topological polar surface area (TPSA) is 101 Å². The van der Waals surface area contributed by atoms with Gasteiger partial charge in [0.15, 0.2) is 11.9 Å². The molecular weight excluding hydrogens is 450 g/mol. The highest BCUT2D eigenvalue weighted by molar-refractivity contribution is 5.80. The number of carbonyl (C=O) groups excluding carboxylic acids is 1. The molecule has 1 amide bonds. The zero-order valence-corrected chi connectivity index (χ0v) is 20.1. The lowest BCUT2D eigenvalue weighted by molar-refractivity contribution is -0.0523. The van der Waals surface area contributed by atoms with Crippen molar-refractivity contribution in [3.05, 3.63) is 60.6 Å². The Balaban J connectivity index is 1.22. The lowest BCUT2D eigenvalue weighted by Crippen LogP contribution is -2.42. The lowest BCUT2D eigenvalue weighted by Gasteiger charge is -2.33. The number of nitrogens with zero attached hydrogens (tertiary/aromatic N) is 5. The SMILES string of the molecule is CC(C)(C)OC(=O)N1CCC(n2ncc3c(OC4=COC(Cc5ccccc5)O4)ncnc32)CC1. The van der Waals surface area contributed by atoms with Gasteiger partial charge in [0.25, 0.3) is 0 Å². The normalized spacial score (nSPS) is 18.7. The van der Waals surface area contributed by atoms with E-state index in [9.17, 15) is 4.79 Å². The highest BCUT2D eigenvalue weighted by Gasteiger charge is 2.29. The second-order valence-electron chi connectivity index (χ2n) is 9.62. The number of piperidine rings is 1. The van der Waals surface area contributed by atoms with Gasteiger partial charge in [-0.15, -0.1) is 0 Å². The van der Waals surface area contributed by atoms with Crippen LogP contribution in [0.4, 0.5) is 4.79 Å². The van der Waals surface area contributed by atoms with Crippen LogP contribution in [0.25, 0.3) is 11.0 Å². The van der Waals surface area contributed by atoms with Crippen molar-refractivity contribution in [1.29, 1.82) is 0 Å². The Labute approximate surface area is 203 Å². The van der Waals surface area contributed by atoms with Gasteiger partial charge in [0.1, 0.15) is 17.3 Å². The fourth-order valence-corrected chi connectivity index (χ4v) is 4.17. The smallest absolute Gasteiger partial charge is 0.410 e. The summed E-state index contributed by atoms with van der Waals surface area (Å²) in [6, 6.07) is 10.1. The van der Waals surface area contributed by atoms with Crippen molar-refractivity contribution in [1.82, 2.24) is 24.6 Å². The predicted octanol–water partition coefficient (Wildman–Crippen LogP) is 4.19. The second kappa shape index (κ2) is 9.44. The first-order valence-corrected chi connectivity index (χ1v) is 11.8. The number of likely N-dealkylation sites (tertiary alicyclic amines) is 1. The molecule has 0 saturated carbocycles. The quantitative estimate of drug-likeness (QED) is 0.537. The number of fused-ring (bicyclic) bond motifs is 1. The van der Waals surface area contributed by atoms with E-state index in [-0.39, 0.29) is 18.1 Å². The molecule has 0 radical (unpaired) electrons. The fraction of sp³-hybridized carbons (Fsp3) is 0.440. The summed E-state index contributed by atoms with van der Waals surface area (Å²) >= 11 is 0. The molecule has 2 aliphatic rings. The molecule has 10 heteroatoms. The number of benzene rings is 1. The van der Waals surface area contributed by atoms with Crippen LogP contribution in [-0.2, 0) is 20.6 Å². The summed E-state index contributed by atoms with van der Waals surface area (Å²) in [5, 5.41) is 5.24. The molecule has 184 valence electrons. The van der Waals surface area contributed by atoms with Gasteiger partial charge in [0, 0.05) is 19.5 Å². The standard InChI is InChI=1S/C25H29N5O5/c1-25(2,3)35-24(31)29-11-9-18(10-12-29)30-22-19(14-28-30)23(27-16-26-22)34-21-15-32-20(33-21)13-17-7-5-4-6-8-17/h4-8,14-16,18,20H,9-13H2,1-3H3. The molecule has 2 aromatic heterocycles. The fourth-order valence-electron chi connectivity index (χ4n) is 4.17. The number of amides is 1. The summed E-state index contributed by atoms with van der Waals surface area (Å²) in [6.07, 6.45) is 5.96. The van der Waals surface area contributed by atoms with Crippen molar-refractivity contribution >= 4 is 17.1 Å². The number of ether oxygens (including phenoxy) is 4. The molecule has 1 fully saturated rings. The van der Waals surface area contributed by atoms with Crippen LogP contribution in [0.5, 0.6) is 5.88 Å². The third-order valence-electron chi connectivity index (χ3n) is 5.82. The first-order valence-electron chi connectivity index (χ1n) is 11.8. The number of carbonyl (C=O) groups is 1. The number of rotatable bonds is 5. The first kappa shape index (κ1) is 22.9. The minimum atomic E-state index is -0.509. The number of hydrogen-bond donors (Lipinski definition) is 0. The maximum absolute atomic E-state index is 12.4. The molecule has 0 aliphatic carbocycles. The molecule has 1 aromatic carbocycles. The summed E-state index contributed by atoms with van der Waals surface area (Å²) in [5.41, 5.74) is 1.27. The average Bonchev–Trinajstić information content (AvgIpc) is 3.46. The van der Waals surface area contributed by atoms with Crippen molar-refractivity contribution in [3.63, 3.8) is 0 Å². The summed E-state index contributed by atoms with van der Waals surface area (Å²) in [6.45, 7) is 6.80. The van der Waals surface area contributed by atoms with Gasteiger partial charge in [-0.3, -0.25) is 0 Å². The molecule has 35 heavy (non-hydrogen) atoms. The van der Waals surface area contributed by atoms with Crippen molar-refractivity contribution in [2.45, 2.75) is 58.0 Å². The Morgan fingerprint density at radius 3 is 2.66 bits per heavy atom. The summed E-state index contributed by atoms with van der Waals surface area (Å²) < 4.78 is 24.7. The molecule has 1 saturated heterocycles. The van der Waals surface area contributed by atoms with Gasteiger partial charge in [-0.1, -0.05) is 30.3 Å². The first-order chi connectivity index (χ1) is 16.9. The second-order valence-corrected chi connectivity index (χ2v) is 9.62. The molecule has 10 nitrogen and oxygen atoms in total. The number of aromatic nitrogens is 4. The van der Waals surface area contributed by atoms with Crippen LogP contribution in [0.2, 0.25) is 0 Å². The molecule has 3 aromatic rings. The van der Waals surface area contributed by atoms with Crippen LogP contribution in [-0.4, -0.2) is 55.7 Å². The van der Waals surface area contributed by atoms with Crippen molar-refractivity contribution in [2.75, 3.05) is 13.1 Å². The monoisotopic (exact) mass is 479 g/mol. The predicted molar refractivity (Wildman–Crippen MR) is 126 cm³/mol. The van der Waals surface area contributed by atoms with Crippen LogP contribution in [0, 0.1) is 0 Å². The van der Waals surface area contributed by atoms with E-state index in [4.69, 9.17) is 18.9 Å². The van der Waals surface area contributed by atoms with E-state index >= 15 is 0 Å². The molecule has 1 atom stereocenters. The molecule has 1 unspecified atom stereocenters. The average molecular weight is 480 g/mol. The van der Waals surface area contributed by atoms with Gasteiger partial charge < -0.3 is 23.8 Å². The lowest BCUT2D eigenvalue weighted by atomic mass is 10.1. The Hall–Kier alpha value is -3.82. The largest absolute Gasteiger partial charge is 0.455 e. The van der Waals surface area contributed by atoms with Crippen molar-refractivity contribution < 1.29 is 23.7 Å². The minimum Gasteiger partial charge on any atom is -0.455 e. The zero-order chi connectivity index (χ0) is 24.4. The van der Waals surface area contributed by atoms with E-state index in [1.54, 1.807) is 11.1 Å². The molecule has 4 heterocycles. The Bertz CT molecular complexity index is 1210. The van der Waals surface area contributed by atoms with Crippen LogP contribution in [0.1, 0.15) is 45.2 Å². The van der Waals surface area contributed by atoms with E-state index in [1.807, 2.05) is 55.8 Å². The van der Waals surface area contributed by atoms with Crippen LogP contribution >= 0.6 is 0 Å². The minimum absolute atomic E-state index is 0.106. The van der Waals surface area contributed by atoms with Crippen LogP contribution in [0.3, 0.4) is 0 Å². The highest BCUT2D eigenvalue weighted by Crippen LogP contribution is 2.30. The third-order valence-corrected chi connectivity index (χ3v) is 5.82. The summed E-state index contributed by atoms with van der Waals surface area (Å²) in [4.78, 5) is 22.8. The Morgan fingerprint density at radius 2 is 1.91 bits per heavy atom. The van der Waals surface area contributed by atoms with Gasteiger partial charge in [0.05, 0.1) is 12.2 Å². The van der Waals surface area contributed by atoms with Crippen LogP contribution < -0.4 is 4.74 Å². The highest BCUT2D eigenvalue weighted by atomic mass is 16.8. The van der Waals surface area contributed by atoms with Crippen molar-refractivity contribution in [3.8, 4) is 5.88 Å². The Morgan fingerprint density at radius 1 is 1.14 bits per heavy atom. The maximum Gasteiger partial charge on any atom is 0.410 e. The van der Waals surface area contributed by atoms with Gasteiger partial charge in [-0.05, 0) is 39.2 Å².